The van der Waals surface area contributed by atoms with Gasteiger partial charge >= 0.3 is 0 Å². The van der Waals surface area contributed by atoms with E-state index < -0.39 is 0 Å². The average Bonchev–Trinajstić information content (AvgIpc) is 2.54. The van der Waals surface area contributed by atoms with E-state index in [1.54, 1.807) is 0 Å². The molecule has 1 aliphatic heterocycles. The number of piperidine rings is 1. The molecule has 0 radical (unpaired) electrons. The number of likely N-dealkylation sites (tertiary alicyclic amines) is 1. The molecule has 0 spiro atoms. The largest absolute Gasteiger partial charge is 0.341 e. The Morgan fingerprint density at radius 1 is 1.22 bits per heavy atom. The van der Waals surface area contributed by atoms with Crippen LogP contribution in [0, 0.1) is 12.8 Å². The van der Waals surface area contributed by atoms with Crippen molar-refractivity contribution in [3.8, 4) is 0 Å². The highest BCUT2D eigenvalue weighted by atomic mass is 16.2. The molecule has 0 N–H and O–H groups in total. The molecular formula is C18H30N4O. The van der Waals surface area contributed by atoms with Crippen LogP contribution in [0.15, 0.2) is 6.07 Å². The lowest BCUT2D eigenvalue weighted by atomic mass is 9.99. The van der Waals surface area contributed by atoms with Gasteiger partial charge in [0.05, 0.1) is 0 Å². The molecule has 0 atom stereocenters. The maximum absolute atomic E-state index is 12.8. The molecule has 0 bridgehead atoms. The molecule has 23 heavy (non-hydrogen) atoms. The van der Waals surface area contributed by atoms with Crippen LogP contribution in [0.1, 0.15) is 62.6 Å². The lowest BCUT2D eigenvalue weighted by Crippen LogP contribution is -2.38. The van der Waals surface area contributed by atoms with Crippen LogP contribution in [-0.4, -0.2) is 47.0 Å². The van der Waals surface area contributed by atoms with E-state index >= 15 is 0 Å². The van der Waals surface area contributed by atoms with Gasteiger partial charge in [-0.2, -0.15) is 0 Å². The molecule has 0 aromatic carbocycles. The second-order valence-corrected chi connectivity index (χ2v) is 6.66. The van der Waals surface area contributed by atoms with Gasteiger partial charge in [0.25, 0.3) is 5.91 Å². The molecule has 1 aromatic heterocycles. The maximum atomic E-state index is 12.8. The lowest BCUT2D eigenvalue weighted by Gasteiger charge is -2.30. The maximum Gasteiger partial charge on any atom is 0.272 e. The number of amides is 1. The van der Waals surface area contributed by atoms with Gasteiger partial charge < -0.3 is 9.80 Å². The normalized spacial score (nSPS) is 15.7. The number of carbonyl (C=O) groups excluding carboxylic acids is 1. The second kappa shape index (κ2) is 8.27. The fraction of sp³-hybridized carbons (Fsp3) is 0.722. The number of carbonyl (C=O) groups is 1. The minimum Gasteiger partial charge on any atom is -0.341 e. The van der Waals surface area contributed by atoms with Gasteiger partial charge in [-0.25, -0.2) is 9.97 Å². The molecule has 0 saturated carbocycles. The average molecular weight is 318 g/mol. The first kappa shape index (κ1) is 17.7. The summed E-state index contributed by atoms with van der Waals surface area (Å²) in [6.07, 6.45) is 4.26. The summed E-state index contributed by atoms with van der Waals surface area (Å²) < 4.78 is 0. The van der Waals surface area contributed by atoms with Gasteiger partial charge in [-0.1, -0.05) is 20.8 Å². The molecule has 5 nitrogen and oxygen atoms in total. The molecule has 0 unspecified atom stereocenters. The number of hydrogen-bond acceptors (Lipinski definition) is 4. The Labute approximate surface area is 140 Å². The molecule has 1 aromatic rings. The summed E-state index contributed by atoms with van der Waals surface area (Å²) in [7, 11) is 0. The molecule has 0 aliphatic carbocycles. The fourth-order valence-corrected chi connectivity index (χ4v) is 3.03. The Bertz CT molecular complexity index is 518. The summed E-state index contributed by atoms with van der Waals surface area (Å²) in [5.74, 6) is 1.46. The van der Waals surface area contributed by atoms with E-state index in [9.17, 15) is 4.79 Å². The van der Waals surface area contributed by atoms with Gasteiger partial charge in [0, 0.05) is 31.9 Å². The summed E-state index contributed by atoms with van der Waals surface area (Å²) in [4.78, 5) is 26.0. The van der Waals surface area contributed by atoms with E-state index in [1.165, 1.54) is 0 Å². The first-order valence-electron chi connectivity index (χ1n) is 8.95. The highest BCUT2D eigenvalue weighted by molar-refractivity contribution is 5.92. The van der Waals surface area contributed by atoms with Crippen LogP contribution >= 0.6 is 0 Å². The predicted octanol–water partition coefficient (Wildman–Crippen LogP) is 3.28. The van der Waals surface area contributed by atoms with Crippen LogP contribution < -0.4 is 4.90 Å². The first-order chi connectivity index (χ1) is 11.0. The third-order valence-electron chi connectivity index (χ3n) is 4.40. The quantitative estimate of drug-likeness (QED) is 0.807. The molecule has 1 fully saturated rings. The fourth-order valence-electron chi connectivity index (χ4n) is 3.03. The first-order valence-corrected chi connectivity index (χ1v) is 8.95. The van der Waals surface area contributed by atoms with E-state index in [1.807, 2.05) is 17.9 Å². The Kier molecular flexibility index (Phi) is 6.37. The summed E-state index contributed by atoms with van der Waals surface area (Å²) in [5, 5.41) is 0. The van der Waals surface area contributed by atoms with Gasteiger partial charge in [0.15, 0.2) is 0 Å². The molecular weight excluding hydrogens is 288 g/mol. The van der Waals surface area contributed by atoms with Crippen molar-refractivity contribution in [3.63, 3.8) is 0 Å². The van der Waals surface area contributed by atoms with Gasteiger partial charge in [-0.3, -0.25) is 4.79 Å². The van der Waals surface area contributed by atoms with Crippen molar-refractivity contribution in [2.75, 3.05) is 31.1 Å². The minimum absolute atomic E-state index is 0.0524. The van der Waals surface area contributed by atoms with Crippen molar-refractivity contribution in [2.45, 2.75) is 53.4 Å². The Balaban J connectivity index is 2.20. The minimum atomic E-state index is 0.0524. The van der Waals surface area contributed by atoms with Crippen molar-refractivity contribution in [3.05, 3.63) is 17.5 Å². The zero-order valence-electron chi connectivity index (χ0n) is 15.0. The zero-order chi connectivity index (χ0) is 16.8. The third kappa shape index (κ3) is 4.66. The molecule has 5 heteroatoms. The van der Waals surface area contributed by atoms with Crippen molar-refractivity contribution in [1.82, 2.24) is 14.9 Å². The number of anilines is 1. The van der Waals surface area contributed by atoms with Gasteiger partial charge in [-0.15, -0.1) is 0 Å². The number of nitrogens with zero attached hydrogens (tertiary/aromatic N) is 4. The standard InChI is InChI=1S/C18H30N4O/c1-5-9-22(10-6-2)18-19-15(4)13-16(20-18)17(23)21-11-7-14(3)8-12-21/h13-14H,5-12H2,1-4H3. The highest BCUT2D eigenvalue weighted by Gasteiger charge is 2.23. The second-order valence-electron chi connectivity index (χ2n) is 6.66. The van der Waals surface area contributed by atoms with Gasteiger partial charge in [-0.05, 0) is 44.6 Å². The van der Waals surface area contributed by atoms with E-state index in [0.717, 1.165) is 57.6 Å². The van der Waals surface area contributed by atoms with E-state index in [2.05, 4.69) is 35.6 Å². The predicted molar refractivity (Wildman–Crippen MR) is 93.9 cm³/mol. The molecule has 2 rings (SSSR count). The van der Waals surface area contributed by atoms with E-state index in [4.69, 9.17) is 0 Å². The Morgan fingerprint density at radius 2 is 1.83 bits per heavy atom. The SMILES string of the molecule is CCCN(CCC)c1nc(C)cc(C(=O)N2CCC(C)CC2)n1. The van der Waals surface area contributed by atoms with Crippen molar-refractivity contribution in [2.24, 2.45) is 5.92 Å². The molecule has 128 valence electrons. The molecule has 2 heterocycles. The van der Waals surface area contributed by atoms with E-state index in [-0.39, 0.29) is 5.91 Å². The highest BCUT2D eigenvalue weighted by Crippen LogP contribution is 2.19. The lowest BCUT2D eigenvalue weighted by molar-refractivity contribution is 0.0691. The monoisotopic (exact) mass is 318 g/mol. The van der Waals surface area contributed by atoms with Crippen molar-refractivity contribution >= 4 is 11.9 Å². The summed E-state index contributed by atoms with van der Waals surface area (Å²) in [5.41, 5.74) is 1.40. The Hall–Kier alpha value is -1.65. The van der Waals surface area contributed by atoms with Crippen LogP contribution in [0.5, 0.6) is 0 Å². The van der Waals surface area contributed by atoms with Gasteiger partial charge in [0.2, 0.25) is 5.95 Å². The van der Waals surface area contributed by atoms with Crippen LogP contribution in [0.25, 0.3) is 0 Å². The van der Waals surface area contributed by atoms with E-state index in [0.29, 0.717) is 17.6 Å². The summed E-state index contributed by atoms with van der Waals surface area (Å²) >= 11 is 0. The van der Waals surface area contributed by atoms with Crippen molar-refractivity contribution < 1.29 is 4.79 Å². The topological polar surface area (TPSA) is 49.3 Å². The Morgan fingerprint density at radius 3 is 2.39 bits per heavy atom. The van der Waals surface area contributed by atoms with Gasteiger partial charge in [0.1, 0.15) is 5.69 Å². The number of rotatable bonds is 6. The third-order valence-corrected chi connectivity index (χ3v) is 4.40. The summed E-state index contributed by atoms with van der Waals surface area (Å²) in [6, 6.07) is 1.82. The zero-order valence-corrected chi connectivity index (χ0v) is 15.0. The van der Waals surface area contributed by atoms with Crippen LogP contribution in [0.2, 0.25) is 0 Å². The van der Waals surface area contributed by atoms with Crippen LogP contribution in [-0.2, 0) is 0 Å². The van der Waals surface area contributed by atoms with Crippen molar-refractivity contribution in [1.29, 1.82) is 0 Å². The van der Waals surface area contributed by atoms with Crippen LogP contribution in [0.4, 0.5) is 5.95 Å². The number of aryl methyl sites for hydroxylation is 1. The smallest absolute Gasteiger partial charge is 0.272 e. The number of aromatic nitrogens is 2. The summed E-state index contributed by atoms with van der Waals surface area (Å²) in [6.45, 7) is 12.0. The number of hydrogen-bond donors (Lipinski definition) is 0. The van der Waals surface area contributed by atoms with Crippen LogP contribution in [0.3, 0.4) is 0 Å². The molecule has 1 amide bonds. The molecule has 1 aliphatic rings. The molecule has 1 saturated heterocycles.